The molecule has 0 saturated carbocycles. The van der Waals surface area contributed by atoms with E-state index in [2.05, 4.69) is 10.0 Å². The second kappa shape index (κ2) is 7.50. The van der Waals surface area contributed by atoms with Crippen molar-refractivity contribution in [3.8, 4) is 0 Å². The number of rotatable bonds is 6. The quantitative estimate of drug-likeness (QED) is 0.832. The third kappa shape index (κ3) is 4.59. The van der Waals surface area contributed by atoms with E-state index >= 15 is 0 Å². The monoisotopic (exact) mass is 354 g/mol. The summed E-state index contributed by atoms with van der Waals surface area (Å²) in [6.45, 7) is 0.881. The van der Waals surface area contributed by atoms with Crippen molar-refractivity contribution in [2.24, 2.45) is 0 Å². The second-order valence-corrected chi connectivity index (χ2v) is 6.87. The maximum atomic E-state index is 13.4. The molecule has 0 bridgehead atoms. The van der Waals surface area contributed by atoms with E-state index in [-0.39, 0.29) is 17.0 Å². The lowest BCUT2D eigenvalue weighted by Gasteiger charge is -2.09. The van der Waals surface area contributed by atoms with Crippen LogP contribution in [0.3, 0.4) is 0 Å². The largest absolute Gasteiger partial charge is 0.351 e. The summed E-state index contributed by atoms with van der Waals surface area (Å²) in [7, 11) is -3.94. The number of sulfonamides is 1. The molecular formula is C16H16F2N2O3S. The Balaban J connectivity index is 1.93. The average Bonchev–Trinajstić information content (AvgIpc) is 2.54. The Morgan fingerprint density at radius 1 is 1.08 bits per heavy atom. The first-order valence-electron chi connectivity index (χ1n) is 7.05. The minimum absolute atomic E-state index is 0.0527. The number of hydrogen-bond donors (Lipinski definition) is 2. The highest BCUT2D eigenvalue weighted by Crippen LogP contribution is 2.13. The molecule has 0 saturated heterocycles. The van der Waals surface area contributed by atoms with Gasteiger partial charge in [0.2, 0.25) is 15.9 Å². The highest BCUT2D eigenvalue weighted by Gasteiger charge is 2.16. The highest BCUT2D eigenvalue weighted by molar-refractivity contribution is 7.89. The van der Waals surface area contributed by atoms with Crippen LogP contribution < -0.4 is 10.0 Å². The molecule has 0 spiro atoms. The van der Waals surface area contributed by atoms with E-state index in [1.165, 1.54) is 31.2 Å². The smallest absolute Gasteiger partial charge is 0.241 e. The first kappa shape index (κ1) is 18.0. The van der Waals surface area contributed by atoms with Gasteiger partial charge in [0.15, 0.2) is 0 Å². The minimum Gasteiger partial charge on any atom is -0.351 e. The van der Waals surface area contributed by atoms with Crippen molar-refractivity contribution in [3.63, 3.8) is 0 Å². The molecule has 0 heterocycles. The van der Waals surface area contributed by atoms with Crippen LogP contribution in [0.25, 0.3) is 0 Å². The summed E-state index contributed by atoms with van der Waals surface area (Å²) in [6, 6.07) is 9.27. The van der Waals surface area contributed by atoms with Gasteiger partial charge in [0.25, 0.3) is 0 Å². The average molecular weight is 354 g/mol. The fourth-order valence-corrected chi connectivity index (χ4v) is 2.99. The number of nitrogens with one attached hydrogen (secondary N) is 2. The summed E-state index contributed by atoms with van der Waals surface area (Å²) in [6.07, 6.45) is 0. The number of benzene rings is 2. The van der Waals surface area contributed by atoms with E-state index in [0.717, 1.165) is 12.1 Å². The van der Waals surface area contributed by atoms with Crippen molar-refractivity contribution in [2.75, 3.05) is 6.54 Å². The predicted molar refractivity (Wildman–Crippen MR) is 84.6 cm³/mol. The van der Waals surface area contributed by atoms with Gasteiger partial charge in [0.05, 0.1) is 11.4 Å². The van der Waals surface area contributed by atoms with Crippen molar-refractivity contribution in [3.05, 3.63) is 65.2 Å². The number of aryl methyl sites for hydroxylation is 1. The maximum absolute atomic E-state index is 13.4. The summed E-state index contributed by atoms with van der Waals surface area (Å²) < 4.78 is 52.8. The summed E-state index contributed by atoms with van der Waals surface area (Å²) in [5, 5.41) is 2.42. The SMILES string of the molecule is Cc1cc(S(=O)(=O)NCC(=O)NCc2ccccc2F)ccc1F. The Bertz CT molecular complexity index is 854. The lowest BCUT2D eigenvalue weighted by molar-refractivity contribution is -0.120. The first-order valence-corrected chi connectivity index (χ1v) is 8.54. The molecule has 0 unspecified atom stereocenters. The molecule has 8 heteroatoms. The third-order valence-corrected chi connectivity index (χ3v) is 4.70. The van der Waals surface area contributed by atoms with Crippen LogP contribution in [0.15, 0.2) is 47.4 Å². The number of hydrogen-bond acceptors (Lipinski definition) is 3. The molecule has 2 N–H and O–H groups in total. The van der Waals surface area contributed by atoms with Gasteiger partial charge in [0.1, 0.15) is 11.6 Å². The van der Waals surface area contributed by atoms with Crippen molar-refractivity contribution in [2.45, 2.75) is 18.4 Å². The Morgan fingerprint density at radius 2 is 1.79 bits per heavy atom. The summed E-state index contributed by atoms with van der Waals surface area (Å²) in [4.78, 5) is 11.6. The molecule has 0 radical (unpaired) electrons. The molecule has 0 fully saturated rings. The molecule has 1 amide bonds. The molecule has 0 aliphatic carbocycles. The van der Waals surface area contributed by atoms with E-state index in [0.29, 0.717) is 5.56 Å². The van der Waals surface area contributed by atoms with Crippen LogP contribution in [0.1, 0.15) is 11.1 Å². The Labute approximate surface area is 138 Å². The molecule has 0 aromatic heterocycles. The van der Waals surface area contributed by atoms with Gasteiger partial charge in [-0.1, -0.05) is 18.2 Å². The van der Waals surface area contributed by atoms with Crippen LogP contribution in [0.4, 0.5) is 8.78 Å². The van der Waals surface area contributed by atoms with E-state index in [1.54, 1.807) is 6.07 Å². The zero-order valence-electron chi connectivity index (χ0n) is 12.8. The summed E-state index contributed by atoms with van der Waals surface area (Å²) in [5.74, 6) is -1.59. The molecule has 24 heavy (non-hydrogen) atoms. The molecule has 2 aromatic rings. The van der Waals surface area contributed by atoms with Crippen LogP contribution >= 0.6 is 0 Å². The van der Waals surface area contributed by atoms with Gasteiger partial charge >= 0.3 is 0 Å². The van der Waals surface area contributed by atoms with Gasteiger partial charge in [0, 0.05) is 12.1 Å². The van der Waals surface area contributed by atoms with Crippen molar-refractivity contribution in [1.82, 2.24) is 10.0 Å². The number of halogens is 2. The second-order valence-electron chi connectivity index (χ2n) is 5.10. The fraction of sp³-hybridized carbons (Fsp3) is 0.188. The van der Waals surface area contributed by atoms with Crippen molar-refractivity contribution < 1.29 is 22.0 Å². The van der Waals surface area contributed by atoms with Gasteiger partial charge < -0.3 is 5.32 Å². The lowest BCUT2D eigenvalue weighted by atomic mass is 10.2. The fourth-order valence-electron chi connectivity index (χ4n) is 1.93. The topological polar surface area (TPSA) is 75.3 Å². The normalized spacial score (nSPS) is 11.3. The minimum atomic E-state index is -3.94. The predicted octanol–water partition coefficient (Wildman–Crippen LogP) is 1.87. The summed E-state index contributed by atoms with van der Waals surface area (Å²) in [5.41, 5.74) is 0.477. The first-order chi connectivity index (χ1) is 11.3. The van der Waals surface area contributed by atoms with Crippen LogP contribution in [0.2, 0.25) is 0 Å². The zero-order chi connectivity index (χ0) is 17.7. The molecule has 0 aliphatic heterocycles. The van der Waals surface area contributed by atoms with Crippen LogP contribution in [0, 0.1) is 18.6 Å². The Kier molecular flexibility index (Phi) is 5.63. The van der Waals surface area contributed by atoms with Gasteiger partial charge in [-0.25, -0.2) is 21.9 Å². The molecular weight excluding hydrogens is 338 g/mol. The Morgan fingerprint density at radius 3 is 2.46 bits per heavy atom. The third-order valence-electron chi connectivity index (χ3n) is 3.30. The van der Waals surface area contributed by atoms with E-state index < -0.39 is 34.1 Å². The Hall–Kier alpha value is -2.32. The maximum Gasteiger partial charge on any atom is 0.241 e. The van der Waals surface area contributed by atoms with Crippen molar-refractivity contribution in [1.29, 1.82) is 0 Å². The highest BCUT2D eigenvalue weighted by atomic mass is 32.2. The van der Waals surface area contributed by atoms with E-state index in [4.69, 9.17) is 0 Å². The van der Waals surface area contributed by atoms with Crippen molar-refractivity contribution >= 4 is 15.9 Å². The summed E-state index contributed by atoms with van der Waals surface area (Å²) >= 11 is 0. The molecule has 2 rings (SSSR count). The molecule has 0 atom stereocenters. The standard InChI is InChI=1S/C16H16F2N2O3S/c1-11-8-13(6-7-14(11)17)24(22,23)20-10-16(21)19-9-12-4-2-3-5-15(12)18/h2-8,20H,9-10H2,1H3,(H,19,21). The van der Waals surface area contributed by atoms with Crippen LogP contribution in [-0.4, -0.2) is 20.9 Å². The van der Waals surface area contributed by atoms with E-state index in [1.807, 2.05) is 0 Å². The van der Waals surface area contributed by atoms with Crippen LogP contribution in [-0.2, 0) is 21.4 Å². The van der Waals surface area contributed by atoms with Crippen LogP contribution in [0.5, 0.6) is 0 Å². The molecule has 5 nitrogen and oxygen atoms in total. The van der Waals surface area contributed by atoms with Gasteiger partial charge in [-0.05, 0) is 36.8 Å². The molecule has 128 valence electrons. The van der Waals surface area contributed by atoms with Gasteiger partial charge in [-0.2, -0.15) is 0 Å². The zero-order valence-corrected chi connectivity index (χ0v) is 13.7. The van der Waals surface area contributed by atoms with E-state index in [9.17, 15) is 22.0 Å². The molecule has 2 aromatic carbocycles. The van der Waals surface area contributed by atoms with Gasteiger partial charge in [-0.3, -0.25) is 4.79 Å². The number of amides is 1. The number of carbonyl (C=O) groups excluding carboxylic acids is 1. The van der Waals surface area contributed by atoms with Gasteiger partial charge in [-0.15, -0.1) is 0 Å². The molecule has 0 aliphatic rings. The number of carbonyl (C=O) groups is 1. The lowest BCUT2D eigenvalue weighted by Crippen LogP contribution is -2.36.